The summed E-state index contributed by atoms with van der Waals surface area (Å²) in [5.74, 6) is -0.131. The van der Waals surface area contributed by atoms with Crippen LogP contribution in [-0.4, -0.2) is 11.8 Å². The predicted molar refractivity (Wildman–Crippen MR) is 101 cm³/mol. The summed E-state index contributed by atoms with van der Waals surface area (Å²) in [7, 11) is 0. The number of anilines is 2. The maximum atomic E-state index is 12.2. The third kappa shape index (κ3) is 4.44. The van der Waals surface area contributed by atoms with Gasteiger partial charge >= 0.3 is 0 Å². The molecule has 2 aromatic rings. The van der Waals surface area contributed by atoms with Gasteiger partial charge in [0.15, 0.2) is 0 Å². The molecule has 0 atom stereocenters. The monoisotopic (exact) mass is 332 g/mol. The van der Waals surface area contributed by atoms with Gasteiger partial charge in [-0.15, -0.1) is 0 Å². The minimum Gasteiger partial charge on any atom is -0.326 e. The molecule has 4 heteroatoms. The molecule has 0 radical (unpaired) electrons. The van der Waals surface area contributed by atoms with Crippen LogP contribution in [0.4, 0.5) is 11.4 Å². The molecule has 126 valence electrons. The maximum Gasteiger partial charge on any atom is 0.251 e. The number of allylic oxidation sites excluding steroid dienone is 3. The summed E-state index contributed by atoms with van der Waals surface area (Å²) >= 11 is 0. The first-order valence-electron chi connectivity index (χ1n) is 8.27. The highest BCUT2D eigenvalue weighted by atomic mass is 16.2. The van der Waals surface area contributed by atoms with E-state index < -0.39 is 0 Å². The highest BCUT2D eigenvalue weighted by Gasteiger charge is 2.10. The van der Waals surface area contributed by atoms with E-state index in [1.807, 2.05) is 60.7 Å². The van der Waals surface area contributed by atoms with Crippen molar-refractivity contribution < 1.29 is 9.59 Å². The van der Waals surface area contributed by atoms with Gasteiger partial charge in [0, 0.05) is 23.9 Å². The van der Waals surface area contributed by atoms with Crippen molar-refractivity contribution in [3.8, 4) is 11.1 Å². The Balaban J connectivity index is 1.67. The Morgan fingerprint density at radius 1 is 0.840 bits per heavy atom. The fourth-order valence-electron chi connectivity index (χ4n) is 2.70. The van der Waals surface area contributed by atoms with Gasteiger partial charge in [-0.05, 0) is 48.2 Å². The van der Waals surface area contributed by atoms with Crippen molar-refractivity contribution in [2.75, 3.05) is 10.6 Å². The molecule has 2 N–H and O–H groups in total. The summed E-state index contributed by atoms with van der Waals surface area (Å²) in [6.45, 7) is 1.49. The zero-order chi connectivity index (χ0) is 17.6. The van der Waals surface area contributed by atoms with Crippen molar-refractivity contribution in [2.45, 2.75) is 19.8 Å². The first-order valence-corrected chi connectivity index (χ1v) is 8.27. The molecule has 0 bridgehead atoms. The van der Waals surface area contributed by atoms with E-state index in [0.717, 1.165) is 40.9 Å². The van der Waals surface area contributed by atoms with Crippen LogP contribution in [0, 0.1) is 0 Å². The normalized spacial score (nSPS) is 13.1. The molecule has 0 aliphatic heterocycles. The molecule has 0 heterocycles. The smallest absolute Gasteiger partial charge is 0.251 e. The van der Waals surface area contributed by atoms with E-state index in [1.165, 1.54) is 6.92 Å². The van der Waals surface area contributed by atoms with E-state index in [4.69, 9.17) is 0 Å². The van der Waals surface area contributed by atoms with E-state index in [-0.39, 0.29) is 11.8 Å². The average Bonchev–Trinajstić information content (AvgIpc) is 2.63. The lowest BCUT2D eigenvalue weighted by Gasteiger charge is -2.11. The third-order valence-corrected chi connectivity index (χ3v) is 3.99. The maximum absolute atomic E-state index is 12.2. The van der Waals surface area contributed by atoms with Gasteiger partial charge in [0.05, 0.1) is 0 Å². The molecule has 1 aliphatic carbocycles. The topological polar surface area (TPSA) is 58.2 Å². The SMILES string of the molecule is CC(=O)Nc1ccc(-c2ccc(NC(=O)C3=CC=CCC3)cc2)cc1. The summed E-state index contributed by atoms with van der Waals surface area (Å²) in [4.78, 5) is 23.3. The second-order valence-corrected chi connectivity index (χ2v) is 5.95. The van der Waals surface area contributed by atoms with E-state index in [0.29, 0.717) is 0 Å². The van der Waals surface area contributed by atoms with Crippen molar-refractivity contribution in [1.29, 1.82) is 0 Å². The minimum atomic E-state index is -0.0867. The van der Waals surface area contributed by atoms with Gasteiger partial charge in [0.1, 0.15) is 0 Å². The Bertz CT molecular complexity index is 831. The van der Waals surface area contributed by atoms with E-state index in [2.05, 4.69) is 16.7 Å². The lowest BCUT2D eigenvalue weighted by Crippen LogP contribution is -2.15. The molecule has 25 heavy (non-hydrogen) atoms. The number of carbonyl (C=O) groups excluding carboxylic acids is 2. The lowest BCUT2D eigenvalue weighted by molar-refractivity contribution is -0.114. The molecule has 4 nitrogen and oxygen atoms in total. The molecular formula is C21H20N2O2. The first kappa shape index (κ1) is 16.7. The molecule has 0 saturated carbocycles. The van der Waals surface area contributed by atoms with Crippen molar-refractivity contribution in [3.05, 3.63) is 72.3 Å². The average molecular weight is 332 g/mol. The number of hydrogen-bond donors (Lipinski definition) is 2. The van der Waals surface area contributed by atoms with Gasteiger partial charge in [0.25, 0.3) is 5.91 Å². The molecule has 2 amide bonds. The molecule has 0 saturated heterocycles. The number of nitrogens with one attached hydrogen (secondary N) is 2. The lowest BCUT2D eigenvalue weighted by atomic mass is 10.0. The Kier molecular flexibility index (Phi) is 5.09. The molecule has 1 aliphatic rings. The van der Waals surface area contributed by atoms with Crippen LogP contribution in [-0.2, 0) is 9.59 Å². The molecule has 0 fully saturated rings. The van der Waals surface area contributed by atoms with Gasteiger partial charge in [-0.25, -0.2) is 0 Å². The Morgan fingerprint density at radius 3 is 1.88 bits per heavy atom. The minimum absolute atomic E-state index is 0.0447. The highest BCUT2D eigenvalue weighted by Crippen LogP contribution is 2.24. The summed E-state index contributed by atoms with van der Waals surface area (Å²) in [5.41, 5.74) is 4.45. The fourth-order valence-corrected chi connectivity index (χ4v) is 2.70. The van der Waals surface area contributed by atoms with Crippen LogP contribution >= 0.6 is 0 Å². The number of hydrogen-bond acceptors (Lipinski definition) is 2. The van der Waals surface area contributed by atoms with Gasteiger partial charge in [0.2, 0.25) is 5.91 Å². The van der Waals surface area contributed by atoms with Crippen molar-refractivity contribution in [1.82, 2.24) is 0 Å². The molecule has 0 unspecified atom stereocenters. The summed E-state index contributed by atoms with van der Waals surface area (Å²) < 4.78 is 0. The second kappa shape index (κ2) is 7.62. The fraction of sp³-hybridized carbons (Fsp3) is 0.143. The quantitative estimate of drug-likeness (QED) is 0.864. The van der Waals surface area contributed by atoms with E-state index in [1.54, 1.807) is 0 Å². The Labute approximate surface area is 147 Å². The van der Waals surface area contributed by atoms with Crippen LogP contribution in [0.2, 0.25) is 0 Å². The van der Waals surface area contributed by atoms with Gasteiger partial charge in [-0.3, -0.25) is 9.59 Å². The van der Waals surface area contributed by atoms with Crippen LogP contribution in [0.15, 0.2) is 72.3 Å². The van der Waals surface area contributed by atoms with Crippen LogP contribution in [0.1, 0.15) is 19.8 Å². The standard InChI is InChI=1S/C21H20N2O2/c1-15(24)22-19-11-7-16(8-12-19)17-9-13-20(14-10-17)23-21(25)18-5-3-2-4-6-18/h2-3,5,7-14H,4,6H2,1H3,(H,22,24)(H,23,25). The Hall–Kier alpha value is -3.14. The van der Waals surface area contributed by atoms with E-state index >= 15 is 0 Å². The van der Waals surface area contributed by atoms with E-state index in [9.17, 15) is 9.59 Å². The Morgan fingerprint density at radius 2 is 1.40 bits per heavy atom. The predicted octanol–water partition coefficient (Wildman–Crippen LogP) is 4.53. The molecule has 2 aromatic carbocycles. The third-order valence-electron chi connectivity index (χ3n) is 3.99. The van der Waals surface area contributed by atoms with Gasteiger partial charge < -0.3 is 10.6 Å². The largest absolute Gasteiger partial charge is 0.326 e. The number of carbonyl (C=O) groups is 2. The molecule has 3 rings (SSSR count). The van der Waals surface area contributed by atoms with Crippen LogP contribution in [0.3, 0.4) is 0 Å². The van der Waals surface area contributed by atoms with Crippen molar-refractivity contribution in [3.63, 3.8) is 0 Å². The summed E-state index contributed by atoms with van der Waals surface area (Å²) in [6.07, 6.45) is 7.53. The zero-order valence-corrected chi connectivity index (χ0v) is 14.1. The molecule has 0 spiro atoms. The molecule has 0 aromatic heterocycles. The zero-order valence-electron chi connectivity index (χ0n) is 14.1. The van der Waals surface area contributed by atoms with Gasteiger partial charge in [-0.2, -0.15) is 0 Å². The first-order chi connectivity index (χ1) is 12.1. The van der Waals surface area contributed by atoms with Crippen LogP contribution in [0.25, 0.3) is 11.1 Å². The number of benzene rings is 2. The molecular weight excluding hydrogens is 312 g/mol. The summed E-state index contributed by atoms with van der Waals surface area (Å²) in [5, 5.41) is 5.68. The van der Waals surface area contributed by atoms with Crippen LogP contribution < -0.4 is 10.6 Å². The second-order valence-electron chi connectivity index (χ2n) is 5.95. The van der Waals surface area contributed by atoms with Gasteiger partial charge in [-0.1, -0.05) is 42.5 Å². The highest BCUT2D eigenvalue weighted by molar-refractivity contribution is 6.04. The number of rotatable bonds is 4. The van der Waals surface area contributed by atoms with Crippen molar-refractivity contribution >= 4 is 23.2 Å². The summed E-state index contributed by atoms with van der Waals surface area (Å²) in [6, 6.07) is 15.4. The van der Waals surface area contributed by atoms with Crippen LogP contribution in [0.5, 0.6) is 0 Å². The number of amides is 2. The van der Waals surface area contributed by atoms with Crippen molar-refractivity contribution in [2.24, 2.45) is 0 Å².